The average molecular weight is 490 g/mol. The Kier molecular flexibility index (Phi) is 7.41. The lowest BCUT2D eigenvalue weighted by molar-refractivity contribution is -0.131. The number of carbonyl (C=O) groups is 1. The van der Waals surface area contributed by atoms with Gasteiger partial charge in [0.25, 0.3) is 0 Å². The van der Waals surface area contributed by atoms with Crippen molar-refractivity contribution in [1.29, 1.82) is 0 Å². The SMILES string of the molecule is COc1cc(C#Cc2nn(C3CN(C(=O)/C=C/CN(C)C(C)C)C3)c3ncnc(N)c23)cc(OC)c1. The van der Waals surface area contributed by atoms with Crippen LogP contribution in [0.3, 0.4) is 0 Å². The zero-order chi connectivity index (χ0) is 25.8. The Morgan fingerprint density at radius 3 is 2.53 bits per heavy atom. The molecular formula is C26H31N7O3. The summed E-state index contributed by atoms with van der Waals surface area (Å²) < 4.78 is 12.4. The molecule has 3 heterocycles. The number of hydrogen-bond donors (Lipinski definition) is 1. The maximum atomic E-state index is 12.5. The number of ether oxygens (including phenoxy) is 2. The third-order valence-electron chi connectivity index (χ3n) is 6.25. The zero-order valence-corrected chi connectivity index (χ0v) is 21.2. The first-order chi connectivity index (χ1) is 17.3. The van der Waals surface area contributed by atoms with Crippen LogP contribution in [0.1, 0.15) is 31.1 Å². The van der Waals surface area contributed by atoms with E-state index in [-0.39, 0.29) is 11.9 Å². The second-order valence-electron chi connectivity index (χ2n) is 8.93. The van der Waals surface area contributed by atoms with E-state index in [1.807, 2.05) is 25.3 Å². The molecule has 1 fully saturated rings. The number of carbonyl (C=O) groups excluding carboxylic acids is 1. The summed E-state index contributed by atoms with van der Waals surface area (Å²) in [6.45, 7) is 6.02. The summed E-state index contributed by atoms with van der Waals surface area (Å²) in [6.07, 6.45) is 4.94. The van der Waals surface area contributed by atoms with Crippen molar-refractivity contribution in [2.75, 3.05) is 46.6 Å². The minimum atomic E-state index is -0.0232. The van der Waals surface area contributed by atoms with Gasteiger partial charge in [0.2, 0.25) is 5.91 Å². The standard InChI is InChI=1S/C26H31N7O3/c1-17(2)31(3)10-6-7-23(34)32-14-19(15-32)33-26-24(25(27)28-16-29-26)22(30-33)9-8-18-11-20(35-4)13-21(12-18)36-5/h6-7,11-13,16-17,19H,10,14-15H2,1-5H3,(H2,27,28,29)/b7-6+. The Labute approximate surface area is 210 Å². The molecule has 0 atom stereocenters. The molecule has 36 heavy (non-hydrogen) atoms. The largest absolute Gasteiger partial charge is 0.497 e. The van der Waals surface area contributed by atoms with E-state index in [1.54, 1.807) is 35.9 Å². The van der Waals surface area contributed by atoms with Gasteiger partial charge in [0.1, 0.15) is 29.3 Å². The van der Waals surface area contributed by atoms with Crippen molar-refractivity contribution < 1.29 is 14.3 Å². The molecular weight excluding hydrogens is 458 g/mol. The second kappa shape index (κ2) is 10.7. The Balaban J connectivity index is 1.54. The van der Waals surface area contributed by atoms with Gasteiger partial charge in [-0.05, 0) is 38.9 Å². The molecule has 10 nitrogen and oxygen atoms in total. The fraction of sp³-hybridized carbons (Fsp3) is 0.385. The highest BCUT2D eigenvalue weighted by Crippen LogP contribution is 2.28. The van der Waals surface area contributed by atoms with Crippen molar-refractivity contribution in [2.24, 2.45) is 0 Å². The van der Waals surface area contributed by atoms with Crippen LogP contribution in [-0.2, 0) is 4.79 Å². The van der Waals surface area contributed by atoms with Crippen LogP contribution >= 0.6 is 0 Å². The first-order valence-corrected chi connectivity index (χ1v) is 11.7. The van der Waals surface area contributed by atoms with E-state index in [4.69, 9.17) is 20.3 Å². The highest BCUT2D eigenvalue weighted by Gasteiger charge is 2.33. The molecule has 10 heteroatoms. The van der Waals surface area contributed by atoms with Crippen molar-refractivity contribution in [3.63, 3.8) is 0 Å². The lowest BCUT2D eigenvalue weighted by Gasteiger charge is -2.38. The molecule has 3 aromatic rings. The number of rotatable bonds is 7. The van der Waals surface area contributed by atoms with Crippen molar-refractivity contribution in [2.45, 2.75) is 25.9 Å². The van der Waals surface area contributed by atoms with Gasteiger partial charge in [0.05, 0.1) is 25.6 Å². The minimum Gasteiger partial charge on any atom is -0.497 e. The molecule has 0 saturated carbocycles. The summed E-state index contributed by atoms with van der Waals surface area (Å²) in [5.74, 6) is 7.79. The third-order valence-corrected chi connectivity index (χ3v) is 6.25. The molecule has 0 aliphatic carbocycles. The zero-order valence-electron chi connectivity index (χ0n) is 21.2. The van der Waals surface area contributed by atoms with E-state index >= 15 is 0 Å². The molecule has 0 spiro atoms. The minimum absolute atomic E-state index is 0.0130. The maximum Gasteiger partial charge on any atom is 0.246 e. The number of likely N-dealkylation sites (tertiary alicyclic amines) is 1. The van der Waals surface area contributed by atoms with Crippen LogP contribution in [0.25, 0.3) is 11.0 Å². The topological polar surface area (TPSA) is 112 Å². The van der Waals surface area contributed by atoms with Gasteiger partial charge >= 0.3 is 0 Å². The molecule has 4 rings (SSSR count). The number of hydrogen-bond acceptors (Lipinski definition) is 8. The highest BCUT2D eigenvalue weighted by atomic mass is 16.5. The van der Waals surface area contributed by atoms with Crippen LogP contribution in [0.5, 0.6) is 11.5 Å². The first-order valence-electron chi connectivity index (χ1n) is 11.7. The van der Waals surface area contributed by atoms with E-state index < -0.39 is 0 Å². The molecule has 2 N–H and O–H groups in total. The van der Waals surface area contributed by atoms with Gasteiger partial charge in [0, 0.05) is 43.4 Å². The summed E-state index contributed by atoms with van der Waals surface area (Å²) in [7, 11) is 5.21. The van der Waals surface area contributed by atoms with Crippen LogP contribution in [0.15, 0.2) is 36.7 Å². The van der Waals surface area contributed by atoms with Gasteiger partial charge in [-0.3, -0.25) is 4.79 Å². The van der Waals surface area contributed by atoms with Crippen LogP contribution in [-0.4, -0.2) is 82.4 Å². The molecule has 188 valence electrons. The number of methoxy groups -OCH3 is 2. The predicted octanol–water partition coefficient (Wildman–Crippen LogP) is 2.11. The number of likely N-dealkylation sites (N-methyl/N-ethyl adjacent to an activating group) is 1. The summed E-state index contributed by atoms with van der Waals surface area (Å²) in [5, 5.41) is 5.30. The normalized spacial score (nSPS) is 13.8. The van der Waals surface area contributed by atoms with Gasteiger partial charge in [0.15, 0.2) is 5.65 Å². The van der Waals surface area contributed by atoms with Gasteiger partial charge in [-0.2, -0.15) is 5.10 Å². The fourth-order valence-electron chi connectivity index (χ4n) is 3.77. The number of nitrogens with zero attached hydrogens (tertiary/aromatic N) is 6. The van der Waals surface area contributed by atoms with Crippen molar-refractivity contribution >= 4 is 22.8 Å². The highest BCUT2D eigenvalue weighted by molar-refractivity contribution is 5.91. The summed E-state index contributed by atoms with van der Waals surface area (Å²) in [6, 6.07) is 5.81. The Morgan fingerprint density at radius 1 is 1.19 bits per heavy atom. The molecule has 1 aliphatic rings. The number of aromatic nitrogens is 4. The lowest BCUT2D eigenvalue weighted by Crippen LogP contribution is -2.50. The lowest BCUT2D eigenvalue weighted by atomic mass is 10.1. The fourth-order valence-corrected chi connectivity index (χ4v) is 3.77. The Hall–Kier alpha value is -4.10. The maximum absolute atomic E-state index is 12.5. The summed E-state index contributed by atoms with van der Waals surface area (Å²) in [4.78, 5) is 25.0. The van der Waals surface area contributed by atoms with Gasteiger partial charge in [-0.25, -0.2) is 14.6 Å². The monoisotopic (exact) mass is 489 g/mol. The van der Waals surface area contributed by atoms with Gasteiger partial charge in [-0.15, -0.1) is 0 Å². The van der Waals surface area contributed by atoms with Crippen LogP contribution < -0.4 is 15.2 Å². The first kappa shape index (κ1) is 25.0. The van der Waals surface area contributed by atoms with Gasteiger partial charge in [-0.1, -0.05) is 12.0 Å². The number of nitrogens with two attached hydrogens (primary N) is 1. The van der Waals surface area contributed by atoms with E-state index in [1.165, 1.54) is 6.33 Å². The average Bonchev–Trinajstić information content (AvgIpc) is 3.20. The molecule has 1 saturated heterocycles. The Morgan fingerprint density at radius 2 is 1.89 bits per heavy atom. The van der Waals surface area contributed by atoms with Crippen LogP contribution in [0.2, 0.25) is 0 Å². The number of benzene rings is 1. The van der Waals surface area contributed by atoms with Crippen molar-refractivity contribution in [1.82, 2.24) is 29.5 Å². The van der Waals surface area contributed by atoms with E-state index in [0.717, 1.165) is 6.54 Å². The molecule has 0 radical (unpaired) electrons. The molecule has 2 aromatic heterocycles. The number of amides is 1. The molecule has 1 amide bonds. The molecule has 0 unspecified atom stereocenters. The molecule has 0 bridgehead atoms. The van der Waals surface area contributed by atoms with Crippen LogP contribution in [0.4, 0.5) is 5.82 Å². The van der Waals surface area contributed by atoms with Gasteiger partial charge < -0.3 is 25.0 Å². The smallest absolute Gasteiger partial charge is 0.246 e. The van der Waals surface area contributed by atoms with E-state index in [2.05, 4.69) is 40.6 Å². The molecule has 1 aromatic carbocycles. The number of nitrogen functional groups attached to an aromatic ring is 1. The number of fused-ring (bicyclic) bond motifs is 1. The number of anilines is 1. The third kappa shape index (κ3) is 5.26. The summed E-state index contributed by atoms with van der Waals surface area (Å²) in [5.41, 5.74) is 7.96. The predicted molar refractivity (Wildman–Crippen MR) is 138 cm³/mol. The second-order valence-corrected chi connectivity index (χ2v) is 8.93. The van der Waals surface area contributed by atoms with E-state index in [9.17, 15) is 4.79 Å². The molecule has 1 aliphatic heterocycles. The van der Waals surface area contributed by atoms with Crippen LogP contribution in [0, 0.1) is 11.8 Å². The van der Waals surface area contributed by atoms with Crippen molar-refractivity contribution in [3.8, 4) is 23.3 Å². The summed E-state index contributed by atoms with van der Waals surface area (Å²) >= 11 is 0. The van der Waals surface area contributed by atoms with Crippen molar-refractivity contribution in [3.05, 3.63) is 47.9 Å². The Bertz CT molecular complexity index is 1320. The quantitative estimate of drug-likeness (QED) is 0.397. The van der Waals surface area contributed by atoms with E-state index in [0.29, 0.717) is 58.7 Å².